The topological polar surface area (TPSA) is 35.5 Å². The highest BCUT2D eigenvalue weighted by Gasteiger charge is 2.23. The molecule has 0 bridgehead atoms. The summed E-state index contributed by atoms with van der Waals surface area (Å²) in [6.45, 7) is 0. The van der Waals surface area contributed by atoms with Crippen molar-refractivity contribution in [2.45, 2.75) is 18.9 Å². The molecule has 0 unspecified atom stereocenters. The molecule has 1 saturated carbocycles. The van der Waals surface area contributed by atoms with Crippen LogP contribution in [0.5, 0.6) is 11.5 Å². The number of carbonyl (C=O) groups is 1. The Balaban J connectivity index is 1.78. The van der Waals surface area contributed by atoms with Crippen LogP contribution in [0, 0.1) is 0 Å². The number of methoxy groups -OCH3 is 1. The monoisotopic (exact) mass is 268 g/mol. The first-order valence-corrected chi connectivity index (χ1v) is 6.72. The number of hydrogen-bond acceptors (Lipinski definition) is 3. The van der Waals surface area contributed by atoms with E-state index in [4.69, 9.17) is 9.47 Å². The van der Waals surface area contributed by atoms with Gasteiger partial charge in [0.2, 0.25) is 0 Å². The van der Waals surface area contributed by atoms with Crippen molar-refractivity contribution in [1.29, 1.82) is 0 Å². The van der Waals surface area contributed by atoms with Gasteiger partial charge in [-0.3, -0.25) is 4.79 Å². The summed E-state index contributed by atoms with van der Waals surface area (Å²) in [7, 11) is 1.59. The maximum absolute atomic E-state index is 12.4. The van der Waals surface area contributed by atoms with Crippen LogP contribution in [-0.2, 0) is 0 Å². The molecule has 0 N–H and O–H groups in total. The van der Waals surface area contributed by atoms with Crippen LogP contribution in [0.1, 0.15) is 28.8 Å². The van der Waals surface area contributed by atoms with E-state index in [9.17, 15) is 4.79 Å². The second-order valence-electron chi connectivity index (χ2n) is 4.90. The molecule has 0 aromatic heterocycles. The Labute approximate surface area is 118 Å². The van der Waals surface area contributed by atoms with Crippen LogP contribution in [0.4, 0.5) is 0 Å². The molecular formula is C17H16O3. The van der Waals surface area contributed by atoms with E-state index < -0.39 is 0 Å². The molecule has 2 aromatic carbocycles. The highest BCUT2D eigenvalue weighted by atomic mass is 16.5. The second kappa shape index (κ2) is 5.37. The summed E-state index contributed by atoms with van der Waals surface area (Å²) in [4.78, 5) is 12.4. The van der Waals surface area contributed by atoms with E-state index in [-0.39, 0.29) is 5.78 Å². The number of ketones is 1. The van der Waals surface area contributed by atoms with Crippen LogP contribution in [0.25, 0.3) is 0 Å². The molecule has 102 valence electrons. The standard InChI is InChI=1S/C17H16O3/c1-19-16-4-2-3-13(11-16)17(18)12-5-7-14(8-6-12)20-15-9-10-15/h2-8,11,15H,9-10H2,1H3. The smallest absolute Gasteiger partial charge is 0.193 e. The molecule has 3 heteroatoms. The quantitative estimate of drug-likeness (QED) is 0.779. The number of benzene rings is 2. The highest BCUT2D eigenvalue weighted by molar-refractivity contribution is 6.09. The Kier molecular flexibility index (Phi) is 3.42. The number of carbonyl (C=O) groups excluding carboxylic acids is 1. The molecule has 3 rings (SSSR count). The molecule has 1 aliphatic rings. The summed E-state index contributed by atoms with van der Waals surface area (Å²) in [5.74, 6) is 1.50. The molecule has 1 aliphatic carbocycles. The molecule has 0 aliphatic heterocycles. The fourth-order valence-corrected chi connectivity index (χ4v) is 1.99. The Morgan fingerprint density at radius 3 is 2.40 bits per heavy atom. The van der Waals surface area contributed by atoms with E-state index in [1.807, 2.05) is 24.3 Å². The Morgan fingerprint density at radius 2 is 1.75 bits per heavy atom. The summed E-state index contributed by atoms with van der Waals surface area (Å²) >= 11 is 0. The van der Waals surface area contributed by atoms with Crippen molar-refractivity contribution in [1.82, 2.24) is 0 Å². The van der Waals surface area contributed by atoms with Gasteiger partial charge in [-0.25, -0.2) is 0 Å². The summed E-state index contributed by atoms with van der Waals surface area (Å²) in [5.41, 5.74) is 1.28. The summed E-state index contributed by atoms with van der Waals surface area (Å²) in [6, 6.07) is 14.5. The fraction of sp³-hybridized carbons (Fsp3) is 0.235. The predicted octanol–water partition coefficient (Wildman–Crippen LogP) is 3.47. The van der Waals surface area contributed by atoms with E-state index in [2.05, 4.69) is 0 Å². The summed E-state index contributed by atoms with van der Waals surface area (Å²) in [6.07, 6.45) is 2.63. The fourth-order valence-electron chi connectivity index (χ4n) is 1.99. The highest BCUT2D eigenvalue weighted by Crippen LogP contribution is 2.27. The SMILES string of the molecule is COc1cccc(C(=O)c2ccc(OC3CC3)cc2)c1. The van der Waals surface area contributed by atoms with Crippen LogP contribution in [0.3, 0.4) is 0 Å². The molecule has 1 fully saturated rings. The van der Waals surface area contributed by atoms with Crippen LogP contribution >= 0.6 is 0 Å². The van der Waals surface area contributed by atoms with Crippen LogP contribution in [0.15, 0.2) is 48.5 Å². The van der Waals surface area contributed by atoms with Gasteiger partial charge < -0.3 is 9.47 Å². The van der Waals surface area contributed by atoms with Gasteiger partial charge in [0.25, 0.3) is 0 Å². The van der Waals surface area contributed by atoms with Crippen LogP contribution in [0.2, 0.25) is 0 Å². The van der Waals surface area contributed by atoms with E-state index in [1.54, 1.807) is 31.4 Å². The van der Waals surface area contributed by atoms with Gasteiger partial charge in [0, 0.05) is 11.1 Å². The zero-order valence-corrected chi connectivity index (χ0v) is 11.3. The molecular weight excluding hydrogens is 252 g/mol. The van der Waals surface area contributed by atoms with Crippen molar-refractivity contribution in [3.8, 4) is 11.5 Å². The van der Waals surface area contributed by atoms with Gasteiger partial charge in [-0.05, 0) is 49.2 Å². The largest absolute Gasteiger partial charge is 0.497 e. The molecule has 0 amide bonds. The van der Waals surface area contributed by atoms with Crippen molar-refractivity contribution in [3.63, 3.8) is 0 Å². The van der Waals surface area contributed by atoms with Crippen molar-refractivity contribution in [2.75, 3.05) is 7.11 Å². The van der Waals surface area contributed by atoms with Gasteiger partial charge >= 0.3 is 0 Å². The first-order chi connectivity index (χ1) is 9.76. The summed E-state index contributed by atoms with van der Waals surface area (Å²) in [5, 5.41) is 0. The minimum atomic E-state index is -0.0122. The number of ether oxygens (including phenoxy) is 2. The van der Waals surface area contributed by atoms with E-state index in [1.165, 1.54) is 0 Å². The van der Waals surface area contributed by atoms with Crippen LogP contribution in [-0.4, -0.2) is 19.0 Å². The predicted molar refractivity (Wildman–Crippen MR) is 76.5 cm³/mol. The van der Waals surface area contributed by atoms with Crippen molar-refractivity contribution < 1.29 is 14.3 Å². The molecule has 20 heavy (non-hydrogen) atoms. The van der Waals surface area contributed by atoms with Gasteiger partial charge in [0.05, 0.1) is 13.2 Å². The number of rotatable bonds is 5. The first kappa shape index (κ1) is 12.7. The zero-order chi connectivity index (χ0) is 13.9. The molecule has 3 nitrogen and oxygen atoms in total. The molecule has 2 aromatic rings. The van der Waals surface area contributed by atoms with Gasteiger partial charge in [0.1, 0.15) is 11.5 Å². The minimum absolute atomic E-state index is 0.0122. The Bertz CT molecular complexity index is 612. The summed E-state index contributed by atoms with van der Waals surface area (Å²) < 4.78 is 10.8. The normalized spacial score (nSPS) is 13.8. The molecule has 0 spiro atoms. The second-order valence-corrected chi connectivity index (χ2v) is 4.90. The molecule has 0 atom stereocenters. The third-order valence-corrected chi connectivity index (χ3v) is 3.28. The number of hydrogen-bond donors (Lipinski definition) is 0. The molecule has 0 saturated heterocycles. The lowest BCUT2D eigenvalue weighted by Gasteiger charge is -2.06. The van der Waals surface area contributed by atoms with Gasteiger partial charge in [0.15, 0.2) is 5.78 Å². The van der Waals surface area contributed by atoms with E-state index in [0.717, 1.165) is 18.6 Å². The maximum atomic E-state index is 12.4. The Hall–Kier alpha value is -2.29. The van der Waals surface area contributed by atoms with Crippen molar-refractivity contribution >= 4 is 5.78 Å². The minimum Gasteiger partial charge on any atom is -0.497 e. The lowest BCUT2D eigenvalue weighted by atomic mass is 10.0. The van der Waals surface area contributed by atoms with E-state index in [0.29, 0.717) is 23.0 Å². The lowest BCUT2D eigenvalue weighted by molar-refractivity contribution is 0.103. The average Bonchev–Trinajstić information content (AvgIpc) is 3.31. The van der Waals surface area contributed by atoms with Gasteiger partial charge in [-0.15, -0.1) is 0 Å². The first-order valence-electron chi connectivity index (χ1n) is 6.72. The van der Waals surface area contributed by atoms with Gasteiger partial charge in [-0.1, -0.05) is 12.1 Å². The van der Waals surface area contributed by atoms with Crippen LogP contribution < -0.4 is 9.47 Å². The van der Waals surface area contributed by atoms with Gasteiger partial charge in [-0.2, -0.15) is 0 Å². The zero-order valence-electron chi connectivity index (χ0n) is 11.3. The lowest BCUT2D eigenvalue weighted by Crippen LogP contribution is -2.02. The van der Waals surface area contributed by atoms with Crippen molar-refractivity contribution in [3.05, 3.63) is 59.7 Å². The third-order valence-electron chi connectivity index (χ3n) is 3.28. The van der Waals surface area contributed by atoms with Crippen molar-refractivity contribution in [2.24, 2.45) is 0 Å². The Morgan fingerprint density at radius 1 is 1.00 bits per heavy atom. The molecule has 0 radical (unpaired) electrons. The average molecular weight is 268 g/mol. The third kappa shape index (κ3) is 2.82. The maximum Gasteiger partial charge on any atom is 0.193 e. The van der Waals surface area contributed by atoms with E-state index >= 15 is 0 Å². The molecule has 0 heterocycles.